The van der Waals surface area contributed by atoms with Gasteiger partial charge < -0.3 is 25.1 Å². The lowest BCUT2D eigenvalue weighted by molar-refractivity contribution is 0.0372. The average Bonchev–Trinajstić information content (AvgIpc) is 3.08. The van der Waals surface area contributed by atoms with Gasteiger partial charge in [0.1, 0.15) is 11.4 Å². The van der Waals surface area contributed by atoms with Crippen LogP contribution in [0.3, 0.4) is 0 Å². The standard InChI is InChI=1S/C17H23N3O3/c1-4-20(3)14-9-6-5-8-13(14)19-16(21)18-12-17(2,22)15-10-7-11-23-15/h5-11,22H,4,12H2,1-3H3,(H2,18,19,21). The molecule has 3 N–H and O–H groups in total. The molecule has 0 radical (unpaired) electrons. The van der Waals surface area contributed by atoms with E-state index in [-0.39, 0.29) is 12.6 Å². The maximum Gasteiger partial charge on any atom is 0.319 e. The smallest absolute Gasteiger partial charge is 0.319 e. The molecule has 0 spiro atoms. The molecule has 124 valence electrons. The zero-order valence-electron chi connectivity index (χ0n) is 13.7. The number of rotatable bonds is 6. The Bertz CT molecular complexity index is 638. The van der Waals surface area contributed by atoms with E-state index in [1.807, 2.05) is 43.1 Å². The fourth-order valence-electron chi connectivity index (χ4n) is 2.17. The number of hydrogen-bond acceptors (Lipinski definition) is 4. The summed E-state index contributed by atoms with van der Waals surface area (Å²) in [6.45, 7) is 4.49. The van der Waals surface area contributed by atoms with Crippen molar-refractivity contribution in [2.24, 2.45) is 0 Å². The van der Waals surface area contributed by atoms with Crippen LogP contribution < -0.4 is 15.5 Å². The van der Waals surface area contributed by atoms with Gasteiger partial charge in [0.15, 0.2) is 0 Å². The topological polar surface area (TPSA) is 77.7 Å². The fraction of sp³-hybridized carbons (Fsp3) is 0.353. The maximum atomic E-state index is 12.1. The molecule has 2 rings (SSSR count). The van der Waals surface area contributed by atoms with Crippen molar-refractivity contribution in [3.05, 3.63) is 48.4 Å². The Morgan fingerprint density at radius 2 is 2.04 bits per heavy atom. The van der Waals surface area contributed by atoms with Gasteiger partial charge in [0.05, 0.1) is 24.2 Å². The molecule has 1 unspecified atom stereocenters. The van der Waals surface area contributed by atoms with Crippen molar-refractivity contribution in [2.75, 3.05) is 30.4 Å². The van der Waals surface area contributed by atoms with Gasteiger partial charge in [-0.25, -0.2) is 4.79 Å². The SMILES string of the molecule is CCN(C)c1ccccc1NC(=O)NCC(C)(O)c1ccco1. The van der Waals surface area contributed by atoms with E-state index in [0.717, 1.165) is 12.2 Å². The van der Waals surface area contributed by atoms with Crippen molar-refractivity contribution in [2.45, 2.75) is 19.4 Å². The Morgan fingerprint density at radius 3 is 2.70 bits per heavy atom. The van der Waals surface area contributed by atoms with E-state index >= 15 is 0 Å². The molecule has 0 saturated carbocycles. The number of nitrogens with one attached hydrogen (secondary N) is 2. The highest BCUT2D eigenvalue weighted by atomic mass is 16.4. The summed E-state index contributed by atoms with van der Waals surface area (Å²) in [6, 6.07) is 10.6. The zero-order chi connectivity index (χ0) is 16.9. The summed E-state index contributed by atoms with van der Waals surface area (Å²) >= 11 is 0. The molecule has 0 aliphatic heterocycles. The quantitative estimate of drug-likeness (QED) is 0.765. The number of carbonyl (C=O) groups excluding carboxylic acids is 1. The van der Waals surface area contributed by atoms with Crippen LogP contribution in [-0.2, 0) is 5.60 Å². The van der Waals surface area contributed by atoms with E-state index in [2.05, 4.69) is 10.6 Å². The number of hydrogen-bond donors (Lipinski definition) is 3. The largest absolute Gasteiger partial charge is 0.466 e. The Balaban J connectivity index is 1.98. The Kier molecular flexibility index (Phi) is 5.28. The van der Waals surface area contributed by atoms with Crippen LogP contribution in [0.4, 0.5) is 16.2 Å². The first-order valence-corrected chi connectivity index (χ1v) is 7.55. The van der Waals surface area contributed by atoms with Gasteiger partial charge in [-0.1, -0.05) is 12.1 Å². The normalized spacial score (nSPS) is 13.2. The predicted octanol–water partition coefficient (Wildman–Crippen LogP) is 2.76. The minimum Gasteiger partial charge on any atom is -0.466 e. The van der Waals surface area contributed by atoms with Gasteiger partial charge in [-0.05, 0) is 38.1 Å². The molecule has 6 heteroatoms. The summed E-state index contributed by atoms with van der Waals surface area (Å²) in [5.41, 5.74) is 0.385. The molecular formula is C17H23N3O3. The van der Waals surface area contributed by atoms with Gasteiger partial charge >= 0.3 is 6.03 Å². The van der Waals surface area contributed by atoms with Crippen molar-refractivity contribution in [1.82, 2.24) is 5.32 Å². The monoisotopic (exact) mass is 317 g/mol. The average molecular weight is 317 g/mol. The highest BCUT2D eigenvalue weighted by molar-refractivity contribution is 5.93. The predicted molar refractivity (Wildman–Crippen MR) is 90.7 cm³/mol. The number of para-hydroxylation sites is 2. The van der Waals surface area contributed by atoms with Crippen molar-refractivity contribution in [3.8, 4) is 0 Å². The lowest BCUT2D eigenvalue weighted by Gasteiger charge is -2.23. The lowest BCUT2D eigenvalue weighted by Crippen LogP contribution is -2.40. The number of nitrogens with zero attached hydrogens (tertiary/aromatic N) is 1. The molecule has 6 nitrogen and oxygen atoms in total. The number of amides is 2. The van der Waals surface area contributed by atoms with Crippen LogP contribution in [0.2, 0.25) is 0 Å². The van der Waals surface area contributed by atoms with E-state index in [9.17, 15) is 9.90 Å². The van der Waals surface area contributed by atoms with Crippen molar-refractivity contribution < 1.29 is 14.3 Å². The first-order valence-electron chi connectivity index (χ1n) is 7.55. The fourth-order valence-corrected chi connectivity index (χ4v) is 2.17. The summed E-state index contributed by atoms with van der Waals surface area (Å²) in [5, 5.41) is 15.8. The highest BCUT2D eigenvalue weighted by Gasteiger charge is 2.26. The molecule has 1 heterocycles. The van der Waals surface area contributed by atoms with Crippen LogP contribution in [0.5, 0.6) is 0 Å². The number of carbonyl (C=O) groups is 1. The van der Waals surface area contributed by atoms with E-state index < -0.39 is 5.60 Å². The van der Waals surface area contributed by atoms with Crippen LogP contribution in [0.15, 0.2) is 47.1 Å². The minimum atomic E-state index is -1.26. The summed E-state index contributed by atoms with van der Waals surface area (Å²) < 4.78 is 5.19. The summed E-state index contributed by atoms with van der Waals surface area (Å²) in [5.74, 6) is 0.406. The highest BCUT2D eigenvalue weighted by Crippen LogP contribution is 2.24. The molecule has 0 bridgehead atoms. The maximum absolute atomic E-state index is 12.1. The molecule has 1 atom stereocenters. The van der Waals surface area contributed by atoms with Gasteiger partial charge in [-0.2, -0.15) is 0 Å². The van der Waals surface area contributed by atoms with E-state index in [1.54, 1.807) is 19.1 Å². The number of benzene rings is 1. The molecule has 1 aromatic heterocycles. The summed E-state index contributed by atoms with van der Waals surface area (Å²) in [4.78, 5) is 14.1. The van der Waals surface area contributed by atoms with E-state index in [0.29, 0.717) is 11.4 Å². The first-order chi connectivity index (χ1) is 10.9. The van der Waals surface area contributed by atoms with E-state index in [4.69, 9.17) is 4.42 Å². The summed E-state index contributed by atoms with van der Waals surface area (Å²) in [7, 11) is 1.96. The van der Waals surface area contributed by atoms with Gasteiger partial charge in [0.2, 0.25) is 0 Å². The van der Waals surface area contributed by atoms with Crippen molar-refractivity contribution in [1.29, 1.82) is 0 Å². The second kappa shape index (κ2) is 7.19. The number of urea groups is 1. The Morgan fingerprint density at radius 1 is 1.30 bits per heavy atom. The van der Waals surface area contributed by atoms with Gasteiger partial charge in [-0.3, -0.25) is 0 Å². The Hall–Kier alpha value is -2.47. The molecule has 2 aromatic rings. The molecule has 0 saturated heterocycles. The third kappa shape index (κ3) is 4.26. The van der Waals surface area contributed by atoms with Gasteiger partial charge in [0, 0.05) is 13.6 Å². The third-order valence-corrected chi connectivity index (χ3v) is 3.68. The first kappa shape index (κ1) is 16.9. The van der Waals surface area contributed by atoms with Gasteiger partial charge in [0.25, 0.3) is 0 Å². The zero-order valence-corrected chi connectivity index (χ0v) is 13.7. The van der Waals surface area contributed by atoms with Crippen molar-refractivity contribution >= 4 is 17.4 Å². The molecule has 0 aliphatic carbocycles. The lowest BCUT2D eigenvalue weighted by atomic mass is 10.0. The van der Waals surface area contributed by atoms with Crippen LogP contribution in [0, 0.1) is 0 Å². The second-order valence-corrected chi connectivity index (χ2v) is 5.59. The Labute approximate surface area is 136 Å². The van der Waals surface area contributed by atoms with Crippen LogP contribution in [-0.4, -0.2) is 31.3 Å². The minimum absolute atomic E-state index is 0.0398. The molecule has 0 fully saturated rings. The second-order valence-electron chi connectivity index (χ2n) is 5.59. The van der Waals surface area contributed by atoms with Crippen LogP contribution >= 0.6 is 0 Å². The third-order valence-electron chi connectivity index (χ3n) is 3.68. The van der Waals surface area contributed by atoms with E-state index in [1.165, 1.54) is 6.26 Å². The molecule has 23 heavy (non-hydrogen) atoms. The molecule has 1 aromatic carbocycles. The molecule has 0 aliphatic rings. The van der Waals surface area contributed by atoms with Gasteiger partial charge in [-0.15, -0.1) is 0 Å². The van der Waals surface area contributed by atoms with Crippen molar-refractivity contribution in [3.63, 3.8) is 0 Å². The number of anilines is 2. The molecular weight excluding hydrogens is 294 g/mol. The molecule has 2 amide bonds. The summed E-state index contributed by atoms with van der Waals surface area (Å²) in [6.07, 6.45) is 1.49. The number of aliphatic hydroxyl groups is 1. The van der Waals surface area contributed by atoms with Crippen LogP contribution in [0.1, 0.15) is 19.6 Å². The van der Waals surface area contributed by atoms with Crippen LogP contribution in [0.25, 0.3) is 0 Å². The number of furan rings is 1.